The minimum Gasteiger partial charge on any atom is -0.328 e. The lowest BCUT2D eigenvalue weighted by molar-refractivity contribution is 0.280. The van der Waals surface area contributed by atoms with E-state index in [2.05, 4.69) is 17.9 Å². The number of nitriles is 1. The fourth-order valence-electron chi connectivity index (χ4n) is 2.32. The monoisotopic (exact) mass is 193 g/mol. The first-order valence-electron chi connectivity index (χ1n) is 5.54. The topological polar surface area (TPSA) is 53.0 Å². The summed E-state index contributed by atoms with van der Waals surface area (Å²) in [7, 11) is 0. The highest BCUT2D eigenvalue weighted by Gasteiger charge is 2.45. The summed E-state index contributed by atoms with van der Waals surface area (Å²) >= 11 is 0. The van der Waals surface area contributed by atoms with Crippen LogP contribution in [0.2, 0.25) is 0 Å². The Morgan fingerprint density at radius 1 is 1.64 bits per heavy atom. The second kappa shape index (κ2) is 3.52. The molecule has 2 rings (SSSR count). The van der Waals surface area contributed by atoms with Crippen LogP contribution in [0.1, 0.15) is 26.2 Å². The molecule has 2 aliphatic rings. The van der Waals surface area contributed by atoms with Crippen molar-refractivity contribution in [2.24, 2.45) is 17.1 Å². The molecule has 0 radical (unpaired) electrons. The Bertz CT molecular complexity index is 250. The van der Waals surface area contributed by atoms with Crippen LogP contribution in [0, 0.1) is 22.7 Å². The highest BCUT2D eigenvalue weighted by atomic mass is 15.2. The molecule has 1 aliphatic heterocycles. The Kier molecular flexibility index (Phi) is 2.50. The summed E-state index contributed by atoms with van der Waals surface area (Å²) in [6, 6.07) is 2.75. The molecule has 2 atom stereocenters. The zero-order valence-corrected chi connectivity index (χ0v) is 8.87. The van der Waals surface area contributed by atoms with Crippen molar-refractivity contribution in [2.75, 3.05) is 19.6 Å². The smallest absolute Gasteiger partial charge is 0.0703 e. The predicted octanol–water partition coefficient (Wildman–Crippen LogP) is 0.959. The average Bonchev–Trinajstić information content (AvgIpc) is 2.75. The van der Waals surface area contributed by atoms with Crippen molar-refractivity contribution in [3.63, 3.8) is 0 Å². The third-order valence-electron chi connectivity index (χ3n) is 3.67. The van der Waals surface area contributed by atoms with Crippen LogP contribution in [0.3, 0.4) is 0 Å². The molecule has 0 bridgehead atoms. The fourth-order valence-corrected chi connectivity index (χ4v) is 2.32. The van der Waals surface area contributed by atoms with Gasteiger partial charge in [-0.2, -0.15) is 5.26 Å². The molecule has 78 valence electrons. The number of hydrogen-bond donors (Lipinski definition) is 1. The zero-order valence-electron chi connectivity index (χ0n) is 8.87. The molecule has 1 heterocycles. The highest BCUT2D eigenvalue weighted by Crippen LogP contribution is 2.46. The SMILES string of the molecule is CC(N)C1CCN(CC2(C#N)CC2)C1. The highest BCUT2D eigenvalue weighted by molar-refractivity contribution is 5.11. The van der Waals surface area contributed by atoms with Gasteiger partial charge in [0.15, 0.2) is 0 Å². The maximum Gasteiger partial charge on any atom is 0.0703 e. The minimum atomic E-state index is 0.0206. The second-order valence-electron chi connectivity index (χ2n) is 5.04. The van der Waals surface area contributed by atoms with Gasteiger partial charge in [-0.3, -0.25) is 0 Å². The van der Waals surface area contributed by atoms with Gasteiger partial charge in [0.2, 0.25) is 0 Å². The summed E-state index contributed by atoms with van der Waals surface area (Å²) in [4.78, 5) is 2.42. The van der Waals surface area contributed by atoms with E-state index in [0.29, 0.717) is 12.0 Å². The van der Waals surface area contributed by atoms with Crippen molar-refractivity contribution in [3.05, 3.63) is 0 Å². The van der Waals surface area contributed by atoms with Gasteiger partial charge in [-0.25, -0.2) is 0 Å². The molecule has 1 aliphatic carbocycles. The van der Waals surface area contributed by atoms with Crippen molar-refractivity contribution in [2.45, 2.75) is 32.2 Å². The van der Waals surface area contributed by atoms with Gasteiger partial charge in [-0.1, -0.05) is 0 Å². The van der Waals surface area contributed by atoms with Crippen molar-refractivity contribution in [1.29, 1.82) is 5.26 Å². The summed E-state index contributed by atoms with van der Waals surface area (Å²) in [5.74, 6) is 0.643. The lowest BCUT2D eigenvalue weighted by Gasteiger charge is -2.19. The molecule has 1 saturated carbocycles. The Balaban J connectivity index is 1.82. The Morgan fingerprint density at radius 3 is 2.79 bits per heavy atom. The predicted molar refractivity (Wildman–Crippen MR) is 55.5 cm³/mol. The van der Waals surface area contributed by atoms with Crippen molar-refractivity contribution < 1.29 is 0 Å². The average molecular weight is 193 g/mol. The summed E-state index contributed by atoms with van der Waals surface area (Å²) < 4.78 is 0. The van der Waals surface area contributed by atoms with E-state index >= 15 is 0 Å². The molecule has 0 aromatic carbocycles. The van der Waals surface area contributed by atoms with E-state index in [1.807, 2.05) is 0 Å². The van der Waals surface area contributed by atoms with Crippen molar-refractivity contribution >= 4 is 0 Å². The van der Waals surface area contributed by atoms with E-state index in [9.17, 15) is 0 Å². The maximum atomic E-state index is 8.99. The summed E-state index contributed by atoms with van der Waals surface area (Å²) in [5, 5.41) is 8.99. The van der Waals surface area contributed by atoms with Gasteiger partial charge < -0.3 is 10.6 Å². The summed E-state index contributed by atoms with van der Waals surface area (Å²) in [6.07, 6.45) is 3.41. The van der Waals surface area contributed by atoms with Crippen molar-refractivity contribution in [3.8, 4) is 6.07 Å². The van der Waals surface area contributed by atoms with Gasteiger partial charge in [0.25, 0.3) is 0 Å². The van der Waals surface area contributed by atoms with E-state index in [-0.39, 0.29) is 5.41 Å². The van der Waals surface area contributed by atoms with Gasteiger partial charge in [0, 0.05) is 19.1 Å². The number of likely N-dealkylation sites (tertiary alicyclic amines) is 1. The lowest BCUT2D eigenvalue weighted by Crippen LogP contribution is -2.32. The zero-order chi connectivity index (χ0) is 10.2. The third kappa shape index (κ3) is 1.92. The quantitative estimate of drug-likeness (QED) is 0.726. The van der Waals surface area contributed by atoms with E-state index in [1.54, 1.807) is 0 Å². The Morgan fingerprint density at radius 2 is 2.36 bits per heavy atom. The van der Waals surface area contributed by atoms with Crippen LogP contribution in [0.4, 0.5) is 0 Å². The molecule has 0 aromatic heterocycles. The number of hydrogen-bond acceptors (Lipinski definition) is 3. The molecule has 0 amide bonds. The normalized spacial score (nSPS) is 32.5. The molecule has 0 aromatic rings. The summed E-state index contributed by atoms with van der Waals surface area (Å²) in [6.45, 7) is 5.30. The fraction of sp³-hybridized carbons (Fsp3) is 0.909. The summed E-state index contributed by atoms with van der Waals surface area (Å²) in [5.41, 5.74) is 5.90. The van der Waals surface area contributed by atoms with Crippen LogP contribution < -0.4 is 5.73 Å². The molecule has 14 heavy (non-hydrogen) atoms. The molecule has 2 N–H and O–H groups in total. The van der Waals surface area contributed by atoms with Crippen LogP contribution in [-0.4, -0.2) is 30.6 Å². The van der Waals surface area contributed by atoms with Crippen LogP contribution in [0.5, 0.6) is 0 Å². The van der Waals surface area contributed by atoms with Gasteiger partial charge in [0.05, 0.1) is 11.5 Å². The molecule has 3 heteroatoms. The first-order chi connectivity index (χ1) is 6.65. The van der Waals surface area contributed by atoms with Crippen LogP contribution in [0.25, 0.3) is 0 Å². The maximum absolute atomic E-state index is 8.99. The Labute approximate surface area is 85.9 Å². The van der Waals surface area contributed by atoms with E-state index in [0.717, 1.165) is 32.5 Å². The van der Waals surface area contributed by atoms with E-state index in [1.165, 1.54) is 6.42 Å². The number of nitrogens with two attached hydrogens (primary N) is 1. The second-order valence-corrected chi connectivity index (χ2v) is 5.04. The minimum absolute atomic E-state index is 0.0206. The van der Waals surface area contributed by atoms with E-state index in [4.69, 9.17) is 11.0 Å². The van der Waals surface area contributed by atoms with Crippen LogP contribution in [-0.2, 0) is 0 Å². The van der Waals surface area contributed by atoms with E-state index < -0.39 is 0 Å². The first kappa shape index (κ1) is 9.95. The van der Waals surface area contributed by atoms with Crippen molar-refractivity contribution in [1.82, 2.24) is 4.90 Å². The molecular weight excluding hydrogens is 174 g/mol. The molecule has 0 spiro atoms. The Hall–Kier alpha value is -0.590. The molecule has 2 fully saturated rings. The third-order valence-corrected chi connectivity index (χ3v) is 3.67. The van der Waals surface area contributed by atoms with Crippen LogP contribution in [0.15, 0.2) is 0 Å². The molecule has 3 nitrogen and oxygen atoms in total. The first-order valence-corrected chi connectivity index (χ1v) is 5.54. The van der Waals surface area contributed by atoms with Gasteiger partial charge in [0.1, 0.15) is 0 Å². The number of nitrogens with zero attached hydrogens (tertiary/aromatic N) is 2. The molecule has 2 unspecified atom stereocenters. The van der Waals surface area contributed by atoms with Gasteiger partial charge >= 0.3 is 0 Å². The van der Waals surface area contributed by atoms with Crippen LogP contribution >= 0.6 is 0 Å². The molecular formula is C11H19N3. The van der Waals surface area contributed by atoms with Gasteiger partial charge in [-0.15, -0.1) is 0 Å². The molecule has 1 saturated heterocycles. The number of rotatable bonds is 3. The lowest BCUT2D eigenvalue weighted by atomic mass is 10.0. The largest absolute Gasteiger partial charge is 0.328 e. The van der Waals surface area contributed by atoms with Gasteiger partial charge in [-0.05, 0) is 38.6 Å². The standard InChI is InChI=1S/C11H19N3/c1-9(13)10-2-5-14(6-10)8-11(7-12)3-4-11/h9-10H,2-6,8,13H2,1H3.